The maximum Gasteiger partial charge on any atom is 0.0992 e. The molecule has 0 amide bonds. The Morgan fingerprint density at radius 2 is 1.90 bits per heavy atom. The van der Waals surface area contributed by atoms with Crippen molar-refractivity contribution in [3.05, 3.63) is 64.7 Å². The van der Waals surface area contributed by atoms with Gasteiger partial charge in [-0.3, -0.25) is 0 Å². The Hall–Kier alpha value is -2.27. The Kier molecular flexibility index (Phi) is 3.66. The third kappa shape index (κ3) is 2.92. The summed E-state index contributed by atoms with van der Waals surface area (Å²) in [7, 11) is 0. The molecular weight excluding hydrogens is 256 g/mol. The molecule has 106 valence electrons. The van der Waals surface area contributed by atoms with Crippen LogP contribution in [-0.4, -0.2) is 6.04 Å². The van der Waals surface area contributed by atoms with Crippen LogP contribution in [0.5, 0.6) is 0 Å². The van der Waals surface area contributed by atoms with E-state index in [9.17, 15) is 0 Å². The summed E-state index contributed by atoms with van der Waals surface area (Å²) < 4.78 is 0. The number of nitriles is 1. The van der Waals surface area contributed by atoms with Crippen LogP contribution in [-0.2, 0) is 0 Å². The van der Waals surface area contributed by atoms with Gasteiger partial charge in [0.1, 0.15) is 0 Å². The summed E-state index contributed by atoms with van der Waals surface area (Å²) in [6, 6.07) is 17.4. The van der Waals surface area contributed by atoms with Crippen molar-refractivity contribution in [2.45, 2.75) is 38.6 Å². The molecule has 1 aliphatic rings. The summed E-state index contributed by atoms with van der Waals surface area (Å²) in [5.41, 5.74) is 5.81. The third-order valence-electron chi connectivity index (χ3n) is 4.38. The summed E-state index contributed by atoms with van der Waals surface area (Å²) in [5, 5.41) is 12.6. The highest BCUT2D eigenvalue weighted by Gasteiger charge is 2.30. The fourth-order valence-electron chi connectivity index (χ4n) is 3.00. The number of hydrogen-bond donors (Lipinski definition) is 1. The SMILES string of the molecule is Cc1cccc(C2CC(Nc3cc(C#N)ccc3C)C2)c1. The number of hydrogen-bond acceptors (Lipinski definition) is 2. The Labute approximate surface area is 126 Å². The molecule has 3 rings (SSSR count). The van der Waals surface area contributed by atoms with Crippen LogP contribution in [0.4, 0.5) is 5.69 Å². The molecule has 2 heteroatoms. The van der Waals surface area contributed by atoms with Gasteiger partial charge in [-0.1, -0.05) is 35.9 Å². The smallest absolute Gasteiger partial charge is 0.0992 e. The summed E-state index contributed by atoms with van der Waals surface area (Å²) in [4.78, 5) is 0. The zero-order valence-electron chi connectivity index (χ0n) is 12.6. The second-order valence-electron chi connectivity index (χ2n) is 6.07. The van der Waals surface area contributed by atoms with Crippen LogP contribution in [0.1, 0.15) is 41.0 Å². The zero-order chi connectivity index (χ0) is 14.8. The number of rotatable bonds is 3. The summed E-state index contributed by atoms with van der Waals surface area (Å²) in [6.07, 6.45) is 2.33. The van der Waals surface area contributed by atoms with Gasteiger partial charge in [-0.15, -0.1) is 0 Å². The van der Waals surface area contributed by atoms with Gasteiger partial charge in [-0.05, 0) is 55.9 Å². The molecule has 21 heavy (non-hydrogen) atoms. The van der Waals surface area contributed by atoms with E-state index < -0.39 is 0 Å². The van der Waals surface area contributed by atoms with E-state index in [1.165, 1.54) is 29.5 Å². The van der Waals surface area contributed by atoms with Crippen LogP contribution in [0.25, 0.3) is 0 Å². The molecule has 2 aromatic rings. The quantitative estimate of drug-likeness (QED) is 0.893. The first kappa shape index (κ1) is 13.7. The highest BCUT2D eigenvalue weighted by Crippen LogP contribution is 2.39. The fraction of sp³-hybridized carbons (Fsp3) is 0.316. The lowest BCUT2D eigenvalue weighted by Gasteiger charge is -2.37. The molecule has 2 nitrogen and oxygen atoms in total. The highest BCUT2D eigenvalue weighted by atomic mass is 14.9. The van der Waals surface area contributed by atoms with Crippen molar-refractivity contribution in [3.8, 4) is 6.07 Å². The van der Waals surface area contributed by atoms with E-state index in [2.05, 4.69) is 49.5 Å². The van der Waals surface area contributed by atoms with Gasteiger partial charge in [0.15, 0.2) is 0 Å². The van der Waals surface area contributed by atoms with Gasteiger partial charge in [0.05, 0.1) is 11.6 Å². The molecule has 0 aromatic heterocycles. The molecule has 1 aliphatic carbocycles. The van der Waals surface area contributed by atoms with Gasteiger partial charge in [-0.25, -0.2) is 0 Å². The fourth-order valence-corrected chi connectivity index (χ4v) is 3.00. The lowest BCUT2D eigenvalue weighted by atomic mass is 9.75. The summed E-state index contributed by atoms with van der Waals surface area (Å²) in [6.45, 7) is 4.23. The number of nitrogens with zero attached hydrogens (tertiary/aromatic N) is 1. The minimum atomic E-state index is 0.517. The second-order valence-corrected chi connectivity index (χ2v) is 6.07. The first-order valence-electron chi connectivity index (χ1n) is 7.49. The number of nitrogens with one attached hydrogen (secondary N) is 1. The first-order chi connectivity index (χ1) is 10.2. The van der Waals surface area contributed by atoms with Crippen LogP contribution in [0.15, 0.2) is 42.5 Å². The van der Waals surface area contributed by atoms with E-state index in [4.69, 9.17) is 5.26 Å². The topological polar surface area (TPSA) is 35.8 Å². The normalized spacial score (nSPS) is 20.4. The Balaban J connectivity index is 1.64. The molecule has 0 spiro atoms. The van der Waals surface area contributed by atoms with Gasteiger partial charge in [0, 0.05) is 11.7 Å². The van der Waals surface area contributed by atoms with Crippen molar-refractivity contribution in [1.82, 2.24) is 0 Å². The predicted molar refractivity (Wildman–Crippen MR) is 86.5 cm³/mol. The van der Waals surface area contributed by atoms with Crippen molar-refractivity contribution in [1.29, 1.82) is 5.26 Å². The van der Waals surface area contributed by atoms with E-state index in [1.54, 1.807) is 0 Å². The molecule has 0 heterocycles. The first-order valence-corrected chi connectivity index (χ1v) is 7.49. The average Bonchev–Trinajstić information content (AvgIpc) is 2.44. The molecule has 1 saturated carbocycles. The van der Waals surface area contributed by atoms with E-state index >= 15 is 0 Å². The van der Waals surface area contributed by atoms with E-state index in [-0.39, 0.29) is 0 Å². The lowest BCUT2D eigenvalue weighted by molar-refractivity contribution is 0.374. The lowest BCUT2D eigenvalue weighted by Crippen LogP contribution is -2.34. The molecule has 1 fully saturated rings. The van der Waals surface area contributed by atoms with Crippen LogP contribution in [0.2, 0.25) is 0 Å². The van der Waals surface area contributed by atoms with Crippen LogP contribution in [0, 0.1) is 25.2 Å². The average molecular weight is 276 g/mol. The van der Waals surface area contributed by atoms with E-state index in [0.29, 0.717) is 12.0 Å². The molecular formula is C19H20N2. The van der Waals surface area contributed by atoms with Gasteiger partial charge < -0.3 is 5.32 Å². The van der Waals surface area contributed by atoms with Gasteiger partial charge in [-0.2, -0.15) is 5.26 Å². The number of aryl methyl sites for hydroxylation is 2. The Morgan fingerprint density at radius 1 is 1.10 bits per heavy atom. The molecule has 0 radical (unpaired) electrons. The number of benzene rings is 2. The van der Waals surface area contributed by atoms with E-state index in [0.717, 1.165) is 11.3 Å². The monoisotopic (exact) mass is 276 g/mol. The second kappa shape index (κ2) is 5.61. The maximum absolute atomic E-state index is 9.00. The molecule has 0 aliphatic heterocycles. The zero-order valence-corrected chi connectivity index (χ0v) is 12.6. The minimum Gasteiger partial charge on any atom is -0.382 e. The van der Waals surface area contributed by atoms with Crippen molar-refractivity contribution >= 4 is 5.69 Å². The molecule has 0 unspecified atom stereocenters. The van der Waals surface area contributed by atoms with Crippen LogP contribution in [0.3, 0.4) is 0 Å². The van der Waals surface area contributed by atoms with Gasteiger partial charge >= 0.3 is 0 Å². The van der Waals surface area contributed by atoms with Crippen LogP contribution >= 0.6 is 0 Å². The van der Waals surface area contributed by atoms with Crippen molar-refractivity contribution in [2.24, 2.45) is 0 Å². The molecule has 1 N–H and O–H groups in total. The molecule has 0 atom stereocenters. The molecule has 0 saturated heterocycles. The van der Waals surface area contributed by atoms with Gasteiger partial charge in [0.25, 0.3) is 0 Å². The van der Waals surface area contributed by atoms with Crippen molar-refractivity contribution in [3.63, 3.8) is 0 Å². The van der Waals surface area contributed by atoms with Crippen LogP contribution < -0.4 is 5.32 Å². The van der Waals surface area contributed by atoms with Crippen molar-refractivity contribution < 1.29 is 0 Å². The largest absolute Gasteiger partial charge is 0.382 e. The molecule has 2 aromatic carbocycles. The summed E-state index contributed by atoms with van der Waals surface area (Å²) in [5.74, 6) is 0.668. The molecule has 0 bridgehead atoms. The minimum absolute atomic E-state index is 0.517. The Bertz CT molecular complexity index is 691. The van der Waals surface area contributed by atoms with Gasteiger partial charge in [0.2, 0.25) is 0 Å². The van der Waals surface area contributed by atoms with Crippen molar-refractivity contribution in [2.75, 3.05) is 5.32 Å². The number of anilines is 1. The highest BCUT2D eigenvalue weighted by molar-refractivity contribution is 5.56. The maximum atomic E-state index is 9.00. The third-order valence-corrected chi connectivity index (χ3v) is 4.38. The Morgan fingerprint density at radius 3 is 2.62 bits per heavy atom. The standard InChI is InChI=1S/C19H20N2/c1-13-4-3-5-16(8-13)17-10-18(11-17)21-19-9-15(12-20)7-6-14(19)2/h3-9,17-18,21H,10-11H2,1-2H3. The summed E-state index contributed by atoms with van der Waals surface area (Å²) >= 11 is 0. The van der Waals surface area contributed by atoms with E-state index in [1.807, 2.05) is 18.2 Å². The predicted octanol–water partition coefficient (Wildman–Crippen LogP) is 4.53.